The Labute approximate surface area is 176 Å². The van der Waals surface area contributed by atoms with E-state index in [9.17, 15) is 19.5 Å². The lowest BCUT2D eigenvalue weighted by atomic mass is 9.75. The number of carbonyl (C=O) groups excluding carboxylic acids is 3. The first-order chi connectivity index (χ1) is 14.5. The van der Waals surface area contributed by atoms with E-state index < -0.39 is 5.41 Å². The summed E-state index contributed by atoms with van der Waals surface area (Å²) in [6.45, 7) is 0.488. The molecular formula is C24H26N2O4. The lowest BCUT2D eigenvalue weighted by molar-refractivity contribution is -0.142. The molecule has 0 saturated carbocycles. The van der Waals surface area contributed by atoms with Gasteiger partial charge in [0.25, 0.3) is 0 Å². The molecule has 2 fully saturated rings. The van der Waals surface area contributed by atoms with Gasteiger partial charge in [0.15, 0.2) is 0 Å². The van der Waals surface area contributed by atoms with Gasteiger partial charge in [-0.2, -0.15) is 0 Å². The molecule has 2 heterocycles. The van der Waals surface area contributed by atoms with Crippen molar-refractivity contribution < 1.29 is 19.5 Å². The second kappa shape index (κ2) is 8.03. The van der Waals surface area contributed by atoms with Crippen LogP contribution in [0, 0.1) is 0 Å². The average molecular weight is 406 g/mol. The number of aliphatic hydroxyl groups is 1. The van der Waals surface area contributed by atoms with E-state index in [1.54, 1.807) is 4.90 Å². The standard InChI is InChI=1S/C24H26N2O4/c1-25-21(28)14-24(23(25)30,15-22(29)26-13-5-8-20(26)16-27)19-11-9-18(10-12-19)17-6-3-2-4-7-17/h2-4,6-7,9-12,20,27H,5,8,13-16H2,1H3/t20-,24?/m0/s1. The topological polar surface area (TPSA) is 77.9 Å². The van der Waals surface area contributed by atoms with Gasteiger partial charge in [-0.05, 0) is 29.5 Å². The zero-order valence-electron chi connectivity index (χ0n) is 17.1. The van der Waals surface area contributed by atoms with Crippen LogP contribution < -0.4 is 0 Å². The van der Waals surface area contributed by atoms with E-state index in [1.807, 2.05) is 54.6 Å². The maximum atomic E-state index is 13.2. The summed E-state index contributed by atoms with van der Waals surface area (Å²) in [5.74, 6) is -0.803. The molecule has 0 bridgehead atoms. The minimum absolute atomic E-state index is 0.0175. The van der Waals surface area contributed by atoms with Gasteiger partial charge in [0.2, 0.25) is 17.7 Å². The molecule has 156 valence electrons. The second-order valence-electron chi connectivity index (χ2n) is 8.20. The van der Waals surface area contributed by atoms with Crippen LogP contribution in [0.2, 0.25) is 0 Å². The summed E-state index contributed by atoms with van der Waals surface area (Å²) in [4.78, 5) is 41.5. The number of benzene rings is 2. The monoisotopic (exact) mass is 406 g/mol. The average Bonchev–Trinajstić information content (AvgIpc) is 3.34. The number of carbonyl (C=O) groups is 3. The Morgan fingerprint density at radius 2 is 1.73 bits per heavy atom. The highest BCUT2D eigenvalue weighted by atomic mass is 16.3. The molecule has 2 saturated heterocycles. The van der Waals surface area contributed by atoms with Crippen LogP contribution in [0.4, 0.5) is 0 Å². The Morgan fingerprint density at radius 1 is 1.07 bits per heavy atom. The van der Waals surface area contributed by atoms with Gasteiger partial charge < -0.3 is 10.0 Å². The quantitative estimate of drug-likeness (QED) is 0.774. The van der Waals surface area contributed by atoms with Gasteiger partial charge >= 0.3 is 0 Å². The molecule has 2 aliphatic heterocycles. The maximum absolute atomic E-state index is 13.2. The van der Waals surface area contributed by atoms with Crippen molar-refractivity contribution in [2.75, 3.05) is 20.2 Å². The number of imide groups is 1. The van der Waals surface area contributed by atoms with Crippen LogP contribution in [0.5, 0.6) is 0 Å². The fourth-order valence-corrected chi connectivity index (χ4v) is 4.68. The Kier molecular flexibility index (Phi) is 5.43. The third kappa shape index (κ3) is 3.41. The van der Waals surface area contributed by atoms with Crippen molar-refractivity contribution in [2.24, 2.45) is 0 Å². The van der Waals surface area contributed by atoms with E-state index in [1.165, 1.54) is 7.05 Å². The predicted molar refractivity (Wildman–Crippen MR) is 112 cm³/mol. The SMILES string of the molecule is CN1C(=O)CC(CC(=O)N2CCC[C@H]2CO)(c2ccc(-c3ccccc3)cc2)C1=O. The van der Waals surface area contributed by atoms with Gasteiger partial charge in [-0.15, -0.1) is 0 Å². The first-order valence-corrected chi connectivity index (χ1v) is 10.3. The normalized spacial score (nSPS) is 24.0. The molecular weight excluding hydrogens is 380 g/mol. The molecule has 4 rings (SSSR count). The third-order valence-electron chi connectivity index (χ3n) is 6.45. The van der Waals surface area contributed by atoms with E-state index in [0.29, 0.717) is 12.1 Å². The van der Waals surface area contributed by atoms with Crippen molar-refractivity contribution in [3.05, 3.63) is 60.2 Å². The van der Waals surface area contributed by atoms with E-state index >= 15 is 0 Å². The Bertz CT molecular complexity index is 957. The molecule has 2 aromatic carbocycles. The number of aliphatic hydroxyl groups excluding tert-OH is 1. The van der Waals surface area contributed by atoms with E-state index in [4.69, 9.17) is 0 Å². The summed E-state index contributed by atoms with van der Waals surface area (Å²) in [7, 11) is 1.47. The van der Waals surface area contributed by atoms with Crippen molar-refractivity contribution in [1.82, 2.24) is 9.80 Å². The van der Waals surface area contributed by atoms with Crippen LogP contribution in [-0.2, 0) is 19.8 Å². The van der Waals surface area contributed by atoms with Crippen molar-refractivity contribution in [3.63, 3.8) is 0 Å². The van der Waals surface area contributed by atoms with Crippen molar-refractivity contribution in [2.45, 2.75) is 37.1 Å². The van der Waals surface area contributed by atoms with Gasteiger partial charge in [-0.25, -0.2) is 0 Å². The third-order valence-corrected chi connectivity index (χ3v) is 6.45. The first kappa shape index (κ1) is 20.3. The van der Waals surface area contributed by atoms with Crippen LogP contribution in [0.1, 0.15) is 31.2 Å². The van der Waals surface area contributed by atoms with Crippen molar-refractivity contribution in [1.29, 1.82) is 0 Å². The summed E-state index contributed by atoms with van der Waals surface area (Å²) in [6.07, 6.45) is 1.51. The number of hydrogen-bond acceptors (Lipinski definition) is 4. The van der Waals surface area contributed by atoms with Crippen LogP contribution in [0.15, 0.2) is 54.6 Å². The molecule has 3 amide bonds. The molecule has 30 heavy (non-hydrogen) atoms. The highest BCUT2D eigenvalue weighted by molar-refractivity contribution is 6.10. The summed E-state index contributed by atoms with van der Waals surface area (Å²) >= 11 is 0. The number of amides is 3. The minimum atomic E-state index is -1.19. The van der Waals surface area contributed by atoms with Crippen molar-refractivity contribution >= 4 is 17.7 Å². The molecule has 1 N–H and O–H groups in total. The Morgan fingerprint density at radius 3 is 2.33 bits per heavy atom. The molecule has 6 nitrogen and oxygen atoms in total. The number of rotatable bonds is 5. The smallest absolute Gasteiger partial charge is 0.240 e. The van der Waals surface area contributed by atoms with E-state index in [0.717, 1.165) is 28.9 Å². The Balaban J connectivity index is 1.68. The fourth-order valence-electron chi connectivity index (χ4n) is 4.68. The zero-order chi connectivity index (χ0) is 21.3. The van der Waals surface area contributed by atoms with Gasteiger partial charge in [-0.3, -0.25) is 19.3 Å². The highest BCUT2D eigenvalue weighted by Crippen LogP contribution is 2.41. The first-order valence-electron chi connectivity index (χ1n) is 10.3. The lowest BCUT2D eigenvalue weighted by Gasteiger charge is -2.30. The molecule has 2 aliphatic rings. The van der Waals surface area contributed by atoms with Crippen LogP contribution >= 0.6 is 0 Å². The minimum Gasteiger partial charge on any atom is -0.394 e. The molecule has 2 atom stereocenters. The van der Waals surface area contributed by atoms with Crippen LogP contribution in [0.25, 0.3) is 11.1 Å². The van der Waals surface area contributed by atoms with Crippen LogP contribution in [-0.4, -0.2) is 58.9 Å². The van der Waals surface area contributed by atoms with Crippen molar-refractivity contribution in [3.8, 4) is 11.1 Å². The van der Waals surface area contributed by atoms with Gasteiger partial charge in [0, 0.05) is 26.4 Å². The van der Waals surface area contributed by atoms with E-state index in [2.05, 4.69) is 0 Å². The molecule has 1 unspecified atom stereocenters. The highest BCUT2D eigenvalue weighted by Gasteiger charge is 2.53. The van der Waals surface area contributed by atoms with E-state index in [-0.39, 0.29) is 43.2 Å². The number of nitrogens with zero attached hydrogens (tertiary/aromatic N) is 2. The number of likely N-dealkylation sites (tertiary alicyclic amines) is 2. The van der Waals surface area contributed by atoms with Gasteiger partial charge in [0.05, 0.1) is 18.1 Å². The predicted octanol–water partition coefficient (Wildman–Crippen LogP) is 2.35. The molecule has 2 aromatic rings. The molecule has 0 radical (unpaired) electrons. The van der Waals surface area contributed by atoms with Crippen LogP contribution in [0.3, 0.4) is 0 Å². The second-order valence-corrected chi connectivity index (χ2v) is 8.20. The maximum Gasteiger partial charge on any atom is 0.240 e. The molecule has 0 aromatic heterocycles. The summed E-state index contributed by atoms with van der Waals surface area (Å²) < 4.78 is 0. The number of likely N-dealkylation sites (N-methyl/N-ethyl adjacent to an activating group) is 1. The molecule has 0 spiro atoms. The Hall–Kier alpha value is -2.99. The fraction of sp³-hybridized carbons (Fsp3) is 0.375. The lowest BCUT2D eigenvalue weighted by Crippen LogP contribution is -2.44. The number of hydrogen-bond donors (Lipinski definition) is 1. The summed E-state index contributed by atoms with van der Waals surface area (Å²) in [5.41, 5.74) is 1.55. The summed E-state index contributed by atoms with van der Waals surface area (Å²) in [5, 5.41) is 9.58. The zero-order valence-corrected chi connectivity index (χ0v) is 17.1. The molecule has 0 aliphatic carbocycles. The van der Waals surface area contributed by atoms with Gasteiger partial charge in [0.1, 0.15) is 0 Å². The van der Waals surface area contributed by atoms with Gasteiger partial charge in [-0.1, -0.05) is 54.6 Å². The largest absolute Gasteiger partial charge is 0.394 e. The molecule has 6 heteroatoms. The summed E-state index contributed by atoms with van der Waals surface area (Å²) in [6, 6.07) is 17.3.